The van der Waals surface area contributed by atoms with Crippen molar-refractivity contribution in [1.82, 2.24) is 0 Å². The van der Waals surface area contributed by atoms with Crippen LogP contribution in [0, 0.1) is 0 Å². The van der Waals surface area contributed by atoms with Crippen LogP contribution in [0.25, 0.3) is 0 Å². The van der Waals surface area contributed by atoms with E-state index in [1.54, 1.807) is 14.2 Å². The van der Waals surface area contributed by atoms with E-state index in [4.69, 9.17) is 9.47 Å². The average Bonchev–Trinajstić information content (AvgIpc) is 2.48. The summed E-state index contributed by atoms with van der Waals surface area (Å²) in [5.41, 5.74) is 2.61. The fourth-order valence-corrected chi connectivity index (χ4v) is 3.01. The molecule has 1 aromatic rings. The van der Waals surface area contributed by atoms with E-state index >= 15 is 0 Å². The summed E-state index contributed by atoms with van der Waals surface area (Å²) in [5.74, 6) is 1.73. The molecule has 0 spiro atoms. The average molecular weight is 276 g/mol. The Morgan fingerprint density at radius 2 is 2.05 bits per heavy atom. The van der Waals surface area contributed by atoms with Gasteiger partial charge in [-0.3, -0.25) is 0 Å². The lowest BCUT2D eigenvalue weighted by Gasteiger charge is -2.16. The van der Waals surface area contributed by atoms with Crippen LogP contribution in [-0.2, 0) is 6.42 Å². The van der Waals surface area contributed by atoms with Crippen molar-refractivity contribution in [3.05, 3.63) is 46.4 Å². The van der Waals surface area contributed by atoms with Crippen LogP contribution in [0.3, 0.4) is 0 Å². The SMILES string of the molecule is COc1ccc(CC2=C(SC)CCC=C2)c(OC)c1. The lowest BCUT2D eigenvalue weighted by molar-refractivity contribution is 0.391. The molecule has 1 aliphatic rings. The van der Waals surface area contributed by atoms with Gasteiger partial charge in [0, 0.05) is 12.5 Å². The lowest BCUT2D eigenvalue weighted by atomic mass is 9.98. The predicted octanol–water partition coefficient (Wildman–Crippen LogP) is 4.21. The van der Waals surface area contributed by atoms with Crippen molar-refractivity contribution in [2.75, 3.05) is 20.5 Å². The first-order valence-corrected chi connectivity index (χ1v) is 7.64. The third-order valence-electron chi connectivity index (χ3n) is 3.34. The van der Waals surface area contributed by atoms with E-state index in [0.717, 1.165) is 30.8 Å². The van der Waals surface area contributed by atoms with Gasteiger partial charge in [-0.15, -0.1) is 11.8 Å². The van der Waals surface area contributed by atoms with Crippen LogP contribution in [0.2, 0.25) is 0 Å². The van der Waals surface area contributed by atoms with E-state index in [-0.39, 0.29) is 0 Å². The van der Waals surface area contributed by atoms with Gasteiger partial charge in [0.2, 0.25) is 0 Å². The molecule has 0 N–H and O–H groups in total. The molecule has 2 rings (SSSR count). The predicted molar refractivity (Wildman–Crippen MR) is 82.2 cm³/mol. The molecule has 0 heterocycles. The van der Waals surface area contributed by atoms with Crippen molar-refractivity contribution in [1.29, 1.82) is 0 Å². The van der Waals surface area contributed by atoms with E-state index in [9.17, 15) is 0 Å². The molecule has 0 unspecified atom stereocenters. The molecule has 2 nitrogen and oxygen atoms in total. The summed E-state index contributed by atoms with van der Waals surface area (Å²) < 4.78 is 10.7. The molecule has 0 aliphatic heterocycles. The summed E-state index contributed by atoms with van der Waals surface area (Å²) in [7, 11) is 3.38. The number of hydrogen-bond acceptors (Lipinski definition) is 3. The van der Waals surface area contributed by atoms with Gasteiger partial charge in [0.15, 0.2) is 0 Å². The van der Waals surface area contributed by atoms with Crippen molar-refractivity contribution < 1.29 is 9.47 Å². The molecule has 0 bridgehead atoms. The summed E-state index contributed by atoms with van der Waals surface area (Å²) in [5, 5.41) is 0. The number of ether oxygens (including phenoxy) is 2. The Kier molecular flexibility index (Phi) is 4.97. The van der Waals surface area contributed by atoms with Crippen LogP contribution < -0.4 is 9.47 Å². The Labute approximate surface area is 119 Å². The molecular formula is C16H20O2S. The molecule has 19 heavy (non-hydrogen) atoms. The summed E-state index contributed by atoms with van der Waals surface area (Å²) in [4.78, 5) is 1.49. The molecule has 0 saturated heterocycles. The molecule has 1 aromatic carbocycles. The quantitative estimate of drug-likeness (QED) is 0.802. The summed E-state index contributed by atoms with van der Waals surface area (Å²) in [6.07, 6.45) is 9.88. The van der Waals surface area contributed by atoms with Crippen LogP contribution >= 0.6 is 11.8 Å². The Morgan fingerprint density at radius 3 is 2.74 bits per heavy atom. The molecule has 0 saturated carbocycles. The summed E-state index contributed by atoms with van der Waals surface area (Å²) in [6, 6.07) is 6.02. The second-order valence-corrected chi connectivity index (χ2v) is 5.35. The van der Waals surface area contributed by atoms with Crippen molar-refractivity contribution >= 4 is 11.8 Å². The second kappa shape index (κ2) is 6.71. The van der Waals surface area contributed by atoms with Crippen LogP contribution in [0.4, 0.5) is 0 Å². The topological polar surface area (TPSA) is 18.5 Å². The van der Waals surface area contributed by atoms with Crippen molar-refractivity contribution in [3.8, 4) is 11.5 Å². The lowest BCUT2D eigenvalue weighted by Crippen LogP contribution is -1.99. The van der Waals surface area contributed by atoms with Crippen LogP contribution in [0.1, 0.15) is 18.4 Å². The van der Waals surface area contributed by atoms with Gasteiger partial charge < -0.3 is 9.47 Å². The minimum atomic E-state index is 0.832. The fraction of sp³-hybridized carbons (Fsp3) is 0.375. The fourth-order valence-electron chi connectivity index (χ4n) is 2.29. The zero-order chi connectivity index (χ0) is 13.7. The molecule has 3 heteroatoms. The number of rotatable bonds is 5. The standard InChI is InChI=1S/C16H20O2S/c1-17-14-9-8-12(15(11-14)18-2)10-13-6-4-5-7-16(13)19-3/h4,6,8-9,11H,5,7,10H2,1-3H3. The van der Waals surface area contributed by atoms with E-state index < -0.39 is 0 Å². The maximum atomic E-state index is 5.46. The maximum absolute atomic E-state index is 5.46. The maximum Gasteiger partial charge on any atom is 0.126 e. The number of benzene rings is 1. The van der Waals surface area contributed by atoms with Crippen molar-refractivity contribution in [3.63, 3.8) is 0 Å². The third kappa shape index (κ3) is 3.35. The highest BCUT2D eigenvalue weighted by atomic mass is 32.2. The molecule has 0 radical (unpaired) electrons. The van der Waals surface area contributed by atoms with Gasteiger partial charge in [0.25, 0.3) is 0 Å². The highest BCUT2D eigenvalue weighted by Crippen LogP contribution is 2.32. The first-order valence-electron chi connectivity index (χ1n) is 6.42. The molecule has 0 fully saturated rings. The Bertz CT molecular complexity index is 503. The minimum Gasteiger partial charge on any atom is -0.497 e. The van der Waals surface area contributed by atoms with Gasteiger partial charge in [-0.2, -0.15) is 0 Å². The van der Waals surface area contributed by atoms with Crippen LogP contribution in [-0.4, -0.2) is 20.5 Å². The molecule has 0 atom stereocenters. The highest BCUT2D eigenvalue weighted by molar-refractivity contribution is 8.02. The highest BCUT2D eigenvalue weighted by Gasteiger charge is 2.11. The van der Waals surface area contributed by atoms with Gasteiger partial charge >= 0.3 is 0 Å². The van der Waals surface area contributed by atoms with Crippen molar-refractivity contribution in [2.24, 2.45) is 0 Å². The van der Waals surface area contributed by atoms with Gasteiger partial charge in [-0.25, -0.2) is 0 Å². The Morgan fingerprint density at radius 1 is 1.21 bits per heavy atom. The number of methoxy groups -OCH3 is 2. The van der Waals surface area contributed by atoms with E-state index in [1.165, 1.54) is 16.0 Å². The van der Waals surface area contributed by atoms with E-state index in [1.807, 2.05) is 23.9 Å². The molecular weight excluding hydrogens is 256 g/mol. The van der Waals surface area contributed by atoms with Gasteiger partial charge in [-0.1, -0.05) is 18.2 Å². The monoisotopic (exact) mass is 276 g/mol. The van der Waals surface area contributed by atoms with Crippen molar-refractivity contribution in [2.45, 2.75) is 19.3 Å². The van der Waals surface area contributed by atoms with Gasteiger partial charge in [0.05, 0.1) is 14.2 Å². The number of allylic oxidation sites excluding steroid dienone is 4. The molecule has 1 aliphatic carbocycles. The van der Waals surface area contributed by atoms with Gasteiger partial charge in [0.1, 0.15) is 11.5 Å². The van der Waals surface area contributed by atoms with Gasteiger partial charge in [-0.05, 0) is 41.2 Å². The second-order valence-electron chi connectivity index (χ2n) is 4.45. The zero-order valence-corrected chi connectivity index (χ0v) is 12.5. The molecule has 0 amide bonds. The first kappa shape index (κ1) is 14.1. The van der Waals surface area contributed by atoms with E-state index in [2.05, 4.69) is 24.5 Å². The minimum absolute atomic E-state index is 0.832. The molecule has 102 valence electrons. The largest absolute Gasteiger partial charge is 0.497 e. The zero-order valence-electron chi connectivity index (χ0n) is 11.7. The van der Waals surface area contributed by atoms with Crippen LogP contribution in [0.15, 0.2) is 40.8 Å². The first-order chi connectivity index (χ1) is 9.28. The number of hydrogen-bond donors (Lipinski definition) is 0. The smallest absolute Gasteiger partial charge is 0.126 e. The van der Waals surface area contributed by atoms with Crippen LogP contribution in [0.5, 0.6) is 11.5 Å². The summed E-state index contributed by atoms with van der Waals surface area (Å²) >= 11 is 1.86. The normalized spacial score (nSPS) is 14.7. The van der Waals surface area contributed by atoms with E-state index in [0.29, 0.717) is 0 Å². The Hall–Kier alpha value is -1.35. The third-order valence-corrected chi connectivity index (χ3v) is 4.30. The number of thioether (sulfide) groups is 1. The molecule has 0 aromatic heterocycles. The Balaban J connectivity index is 2.27. The summed E-state index contributed by atoms with van der Waals surface area (Å²) in [6.45, 7) is 0.